The number of amides is 3. The minimum atomic E-state index is -4.36. The number of hydrogen-bond donors (Lipinski definition) is 9. The first kappa shape index (κ1) is 80.4. The third kappa shape index (κ3) is 18.8. The first-order valence-electron chi connectivity index (χ1n) is 35.0. The number of likely N-dealkylation sites (N-methyl/N-ethyl adjacent to an activating group) is 1. The number of phenols is 3. The predicted octanol–water partition coefficient (Wildman–Crippen LogP) is 9.60. The molecule has 5 aliphatic rings. The highest BCUT2D eigenvalue weighted by Crippen LogP contribution is 2.55. The van der Waals surface area contributed by atoms with E-state index in [0.29, 0.717) is 62.6 Å². The standard InChI is InChI=1S/C43H58N4O12.C29H28F3N5O.C6H7N3O/c1-21-12-11-13-22(2)42(55)45-33-28(20-44-47-17-15-46(9)16-18-47)37(52)30-31(38(33)53)36(51)26(6)40-32(30)41(54)43(8,59-40)57-19-14-29(56-10)23(3)39(58-27(7)48)25(5)35(50)24(4)34(21)49;1-21-24(20-35-14-16-36(17-15-35)26-9-5-8-25(19-26)29(30,31)32)18-27(22-6-3-2-4-7-22)37(21)34-28(38)23-10-12-33-13-11-23;7-9-6(10)5-1-3-8-4-2-5/h11-14,19-21,23-25,29,34-35,39,49-53H,15-18H2,1-10H3,(H,45,55);2-13,18-19H,14-17,20H2,1H3,(H,34,38);1-4H,7H2,(H,9,10)/b12-11+,19-14+,22-13-,44-20+;;/t21-,23+,24+,25+,29-,34-,35+,39+,43-;;/m0../s1. The maximum Gasteiger partial charge on any atom is 0.416 e. The molecule has 0 spiro atoms. The van der Waals surface area contributed by atoms with Crippen molar-refractivity contribution in [1.82, 2.24) is 34.9 Å². The zero-order valence-corrected chi connectivity index (χ0v) is 61.5. The number of aliphatic hydroxyl groups is 2. The highest BCUT2D eigenvalue weighted by Gasteiger charge is 2.50. The Morgan fingerprint density at radius 3 is 2.03 bits per heavy atom. The SMILES string of the molecule is CO[C@H]1/C=C/O[C@@]2(C)Oc3c(C)c(O)c4c(O)c(c(/C=N/N5CCN(C)CC5)c(O)c4c3C2=O)NC(=O)/C(C)=C\C=C\[C@H](C)[C@H](O)[C@@H](C)[C@@H](O)[C@@H](C)[C@H](OC(C)=O)[C@@H]1C.Cc1c(CN2CCN(c3cccc(C(F)(F)F)c3)CC2)cc(-c2ccccc2)n1NC(=O)c1ccncc1.NNC(=O)c1ccncc1. The molecule has 12 rings (SSSR count). The number of phenolic OH excluding ortho intramolecular Hbond substituents is 3. The van der Waals surface area contributed by atoms with Crippen molar-refractivity contribution in [2.45, 2.75) is 105 Å². The van der Waals surface area contributed by atoms with Gasteiger partial charge in [0.05, 0.1) is 64.2 Å². The fourth-order valence-corrected chi connectivity index (χ4v) is 13.2. The smallest absolute Gasteiger partial charge is 0.416 e. The number of carbonyl (C=O) groups is 5. The van der Waals surface area contributed by atoms with Gasteiger partial charge in [0.15, 0.2) is 5.75 Å². The second kappa shape index (κ2) is 35.1. The van der Waals surface area contributed by atoms with Crippen molar-refractivity contribution >= 4 is 57.8 Å². The summed E-state index contributed by atoms with van der Waals surface area (Å²) >= 11 is 0. The molecule has 26 nitrogen and oxygen atoms in total. The minimum absolute atomic E-state index is 0.0559. The average molecular weight is 1480 g/mol. The topological polar surface area (TPSA) is 342 Å². The Bertz CT molecular complexity index is 4450. The van der Waals surface area contributed by atoms with Crippen molar-refractivity contribution in [2.75, 3.05) is 82.2 Å². The van der Waals surface area contributed by atoms with Crippen molar-refractivity contribution in [2.24, 2.45) is 34.6 Å². The lowest BCUT2D eigenvalue weighted by molar-refractivity contribution is -0.160. The summed E-state index contributed by atoms with van der Waals surface area (Å²) in [4.78, 5) is 78.3. The van der Waals surface area contributed by atoms with Gasteiger partial charge in [-0.15, -0.1) is 0 Å². The first-order valence-corrected chi connectivity index (χ1v) is 35.0. The van der Waals surface area contributed by atoms with Crippen LogP contribution in [0.25, 0.3) is 22.0 Å². The number of pyridine rings is 2. The molecular weight excluding hydrogens is 1390 g/mol. The van der Waals surface area contributed by atoms with Crippen molar-refractivity contribution in [3.05, 3.63) is 190 Å². The number of aromatic hydroxyl groups is 3. The molecule has 7 aromatic rings. The van der Waals surface area contributed by atoms with E-state index < -0.39 is 101 Å². The summed E-state index contributed by atoms with van der Waals surface area (Å²) in [6.45, 7) is 20.4. The van der Waals surface area contributed by atoms with Crippen LogP contribution in [-0.2, 0) is 36.5 Å². The summed E-state index contributed by atoms with van der Waals surface area (Å²) in [5.74, 6) is -3.99. The number of esters is 1. The monoisotopic (exact) mass is 1480 g/mol. The van der Waals surface area contributed by atoms with E-state index in [1.807, 2.05) is 59.3 Å². The summed E-state index contributed by atoms with van der Waals surface area (Å²) < 4.78 is 64.9. The fraction of sp³-hybridized carbons (Fsp3) is 0.385. The lowest BCUT2D eigenvalue weighted by Crippen LogP contribution is -2.46. The highest BCUT2D eigenvalue weighted by atomic mass is 19.4. The zero-order chi connectivity index (χ0) is 77.8. The third-order valence-electron chi connectivity index (χ3n) is 19.8. The molecule has 9 atom stereocenters. The Balaban J connectivity index is 0.000000233. The number of alkyl halides is 3. The largest absolute Gasteiger partial charge is 0.507 e. The number of ketones is 1. The van der Waals surface area contributed by atoms with Crippen molar-refractivity contribution in [3.8, 4) is 34.3 Å². The molecule has 0 saturated carbocycles. The van der Waals surface area contributed by atoms with Crippen LogP contribution in [0.1, 0.15) is 107 Å². The number of fused-ring (bicyclic) bond motifs is 14. The average Bonchev–Trinajstić information content (AvgIpc) is 1.61. The maximum atomic E-state index is 14.4. The van der Waals surface area contributed by atoms with Gasteiger partial charge in [-0.2, -0.15) is 18.3 Å². The lowest BCUT2D eigenvalue weighted by atomic mass is 9.78. The molecule has 107 heavy (non-hydrogen) atoms. The van der Waals surface area contributed by atoms with Crippen LogP contribution in [0.4, 0.5) is 24.5 Å². The predicted molar refractivity (Wildman–Crippen MR) is 398 cm³/mol. The van der Waals surface area contributed by atoms with Crippen LogP contribution in [0.5, 0.6) is 23.0 Å². The summed E-state index contributed by atoms with van der Waals surface area (Å²) in [5, 5.41) is 66.8. The Hall–Kier alpha value is -10.7. The molecule has 3 amide bonds. The van der Waals surface area contributed by atoms with Crippen LogP contribution in [0, 0.1) is 37.5 Å². The van der Waals surface area contributed by atoms with E-state index in [4.69, 9.17) is 24.8 Å². The number of hydrazone groups is 1. The number of nitrogen functional groups attached to an aromatic ring is 1. The molecule has 570 valence electrons. The number of ether oxygens (including phenoxy) is 4. The number of piperazine rings is 2. The number of carbonyl (C=O) groups excluding carboxylic acids is 5. The second-order valence-electron chi connectivity index (χ2n) is 27.2. The van der Waals surface area contributed by atoms with Gasteiger partial charge in [0, 0.05) is 173 Å². The van der Waals surface area contributed by atoms with Gasteiger partial charge >= 0.3 is 17.9 Å². The summed E-state index contributed by atoms with van der Waals surface area (Å²) in [6, 6.07) is 24.0. The van der Waals surface area contributed by atoms with Gasteiger partial charge in [-0.3, -0.25) is 59.4 Å². The molecule has 5 aliphatic heterocycles. The summed E-state index contributed by atoms with van der Waals surface area (Å²) in [7, 11) is 3.42. The number of benzene rings is 4. The van der Waals surface area contributed by atoms with E-state index in [0.717, 1.165) is 41.7 Å². The number of rotatable bonds is 11. The molecular formula is C78H93F3N12O14. The number of nitrogens with one attached hydrogen (secondary N) is 3. The molecule has 2 fully saturated rings. The number of hydrogen-bond acceptors (Lipinski definition) is 22. The molecule has 3 aromatic heterocycles. The maximum absolute atomic E-state index is 14.4. The Morgan fingerprint density at radius 2 is 1.42 bits per heavy atom. The van der Waals surface area contributed by atoms with Crippen LogP contribution in [-0.4, -0.2) is 187 Å². The number of aliphatic hydroxyl groups excluding tert-OH is 2. The number of nitrogens with two attached hydrogens (primary N) is 1. The van der Waals surface area contributed by atoms with Crippen LogP contribution in [0.2, 0.25) is 0 Å². The van der Waals surface area contributed by atoms with Gasteiger partial charge < -0.3 is 59.6 Å². The fourth-order valence-electron chi connectivity index (χ4n) is 13.2. The molecule has 0 radical (unpaired) electrons. The normalized spacial score (nSPS) is 23.7. The van der Waals surface area contributed by atoms with Gasteiger partial charge in [-0.1, -0.05) is 82.3 Å². The van der Waals surface area contributed by atoms with Gasteiger partial charge in [0.25, 0.3) is 23.5 Å². The molecule has 0 unspecified atom stereocenters. The van der Waals surface area contributed by atoms with Crippen LogP contribution in [0.15, 0.2) is 151 Å². The van der Waals surface area contributed by atoms with E-state index in [-0.39, 0.29) is 56.3 Å². The highest BCUT2D eigenvalue weighted by molar-refractivity contribution is 6.24. The number of hydrazine groups is 1. The van der Waals surface area contributed by atoms with E-state index in [2.05, 4.69) is 41.7 Å². The molecule has 8 heterocycles. The van der Waals surface area contributed by atoms with Crippen LogP contribution < -0.4 is 31.6 Å². The molecule has 29 heteroatoms. The zero-order valence-electron chi connectivity index (χ0n) is 61.5. The molecule has 2 saturated heterocycles. The van der Waals surface area contributed by atoms with Gasteiger partial charge in [0.1, 0.15) is 23.4 Å². The third-order valence-corrected chi connectivity index (χ3v) is 19.8. The molecule has 0 aliphatic carbocycles. The van der Waals surface area contributed by atoms with E-state index in [1.54, 1.807) is 87.6 Å². The van der Waals surface area contributed by atoms with Gasteiger partial charge in [-0.05, 0) is 88.0 Å². The van der Waals surface area contributed by atoms with Crippen molar-refractivity contribution in [1.29, 1.82) is 0 Å². The Kier molecular flexibility index (Phi) is 26.4. The van der Waals surface area contributed by atoms with E-state index >= 15 is 0 Å². The summed E-state index contributed by atoms with van der Waals surface area (Å²) in [5.41, 5.74) is 9.53. The van der Waals surface area contributed by atoms with Crippen LogP contribution >= 0.6 is 0 Å². The minimum Gasteiger partial charge on any atom is -0.507 e. The van der Waals surface area contributed by atoms with E-state index in [1.165, 1.54) is 84.0 Å². The van der Waals surface area contributed by atoms with Gasteiger partial charge in [0.2, 0.25) is 0 Å². The number of aromatic nitrogens is 3. The van der Waals surface area contributed by atoms with Crippen molar-refractivity contribution < 1.29 is 81.6 Å². The number of nitrogens with zero attached hydrogens (tertiary/aromatic N) is 8. The number of anilines is 2. The Morgan fingerprint density at radius 1 is 0.785 bits per heavy atom. The van der Waals surface area contributed by atoms with Crippen LogP contribution in [0.3, 0.4) is 0 Å². The van der Waals surface area contributed by atoms with Crippen molar-refractivity contribution in [3.63, 3.8) is 0 Å². The molecule has 10 N–H and O–H groups in total. The quantitative estimate of drug-likeness (QED) is 0.0111. The lowest BCUT2D eigenvalue weighted by Gasteiger charge is -2.38. The second-order valence-corrected chi connectivity index (χ2v) is 27.2. The molecule has 5 bridgehead atoms. The Labute approximate surface area is 618 Å². The number of allylic oxidation sites excluding steroid dienone is 2. The van der Waals surface area contributed by atoms with E-state index in [9.17, 15) is 62.7 Å². The first-order chi connectivity index (χ1) is 50.9. The number of methoxy groups -OCH3 is 1. The summed E-state index contributed by atoms with van der Waals surface area (Å²) in [6.07, 6.45) is 6.74. The molecule has 4 aromatic carbocycles. The van der Waals surface area contributed by atoms with Gasteiger partial charge in [-0.25, -0.2) is 5.84 Å². The number of halogens is 3. The number of Topliss-reactive ketones (excluding diaryl/α,β-unsaturated/α-hetero) is 1.